The van der Waals surface area contributed by atoms with Crippen molar-refractivity contribution in [3.63, 3.8) is 0 Å². The Balaban J connectivity index is 1.04. The van der Waals surface area contributed by atoms with Crippen LogP contribution >= 0.6 is 0 Å². The number of para-hydroxylation sites is 7. The number of hydrogen-bond acceptors (Lipinski definition) is 4. The molecule has 0 radical (unpaired) electrons. The highest BCUT2D eigenvalue weighted by Gasteiger charge is 2.26. The molecule has 1 aliphatic heterocycles. The SMILES string of the molecule is C1=Cc2cccc3c4cc(N(c5ccccc5)c5cccc6c5oc5ccccc56)ccc4n(c23)-c2cccc(N(c3ccccc3)c3cccc4c3oc3ccccc34)c21. The summed E-state index contributed by atoms with van der Waals surface area (Å²) in [6.45, 7) is 0. The first-order valence-corrected chi connectivity index (χ1v) is 20.7. The highest BCUT2D eigenvalue weighted by molar-refractivity contribution is 6.16. The molecule has 1 aliphatic rings. The monoisotopic (exact) mass is 781 g/mol. The summed E-state index contributed by atoms with van der Waals surface area (Å²) in [6.07, 6.45) is 4.56. The fourth-order valence-electron chi connectivity index (χ4n) is 9.69. The van der Waals surface area contributed by atoms with Gasteiger partial charge in [0.05, 0.1) is 33.8 Å². The minimum atomic E-state index is 0.855. The third-order valence-electron chi connectivity index (χ3n) is 12.3. The van der Waals surface area contributed by atoms with E-state index in [-0.39, 0.29) is 0 Å². The number of rotatable bonds is 6. The van der Waals surface area contributed by atoms with Gasteiger partial charge in [-0.3, -0.25) is 0 Å². The zero-order valence-corrected chi connectivity index (χ0v) is 32.9. The maximum absolute atomic E-state index is 6.68. The van der Waals surface area contributed by atoms with Crippen LogP contribution in [0.1, 0.15) is 11.1 Å². The Morgan fingerprint density at radius 2 is 0.902 bits per heavy atom. The quantitative estimate of drug-likeness (QED) is 0.168. The van der Waals surface area contributed by atoms with Gasteiger partial charge in [0, 0.05) is 54.9 Å². The van der Waals surface area contributed by atoms with Crippen LogP contribution in [0.15, 0.2) is 209 Å². The molecule has 9 aromatic carbocycles. The molecule has 0 aliphatic carbocycles. The minimum absolute atomic E-state index is 0.855. The summed E-state index contributed by atoms with van der Waals surface area (Å²) >= 11 is 0. The molecule has 0 saturated heterocycles. The fraction of sp³-hybridized carbons (Fsp3) is 0. The van der Waals surface area contributed by atoms with Gasteiger partial charge in [0.15, 0.2) is 11.2 Å². The first-order valence-electron chi connectivity index (χ1n) is 20.7. The molecule has 0 N–H and O–H groups in total. The van der Waals surface area contributed by atoms with Gasteiger partial charge >= 0.3 is 0 Å². The van der Waals surface area contributed by atoms with Crippen LogP contribution in [0.4, 0.5) is 34.1 Å². The number of benzene rings is 9. The molecule has 0 saturated carbocycles. The van der Waals surface area contributed by atoms with Crippen LogP contribution in [-0.4, -0.2) is 4.57 Å². The topological polar surface area (TPSA) is 37.7 Å². The lowest BCUT2D eigenvalue weighted by molar-refractivity contribution is 0.668. The first-order chi connectivity index (χ1) is 30.3. The number of hydrogen-bond donors (Lipinski definition) is 0. The fourth-order valence-corrected chi connectivity index (χ4v) is 9.69. The second-order valence-corrected chi connectivity index (χ2v) is 15.7. The van der Waals surface area contributed by atoms with Crippen molar-refractivity contribution in [2.75, 3.05) is 9.80 Å². The number of furan rings is 2. The average Bonchev–Trinajstić information content (AvgIpc) is 3.96. The van der Waals surface area contributed by atoms with Gasteiger partial charge in [-0.05, 0) is 84.4 Å². The molecule has 12 aromatic rings. The Morgan fingerprint density at radius 1 is 0.361 bits per heavy atom. The second-order valence-electron chi connectivity index (χ2n) is 15.7. The zero-order chi connectivity index (χ0) is 40.0. The second kappa shape index (κ2) is 13.1. The summed E-state index contributed by atoms with van der Waals surface area (Å²) < 4.78 is 15.8. The van der Waals surface area contributed by atoms with E-state index in [1.807, 2.05) is 24.3 Å². The molecule has 0 atom stereocenters. The third kappa shape index (κ3) is 5.01. The van der Waals surface area contributed by atoms with Crippen molar-refractivity contribution in [1.29, 1.82) is 0 Å². The van der Waals surface area contributed by atoms with Crippen LogP contribution in [0.25, 0.3) is 83.5 Å². The maximum Gasteiger partial charge on any atom is 0.159 e. The van der Waals surface area contributed by atoms with E-state index in [2.05, 4.69) is 202 Å². The van der Waals surface area contributed by atoms with Gasteiger partial charge in [-0.25, -0.2) is 0 Å². The molecular weight excluding hydrogens is 747 g/mol. The number of anilines is 6. The van der Waals surface area contributed by atoms with E-state index in [0.717, 1.165) is 100 Å². The van der Waals surface area contributed by atoms with Crippen LogP contribution < -0.4 is 9.80 Å². The number of aromatic nitrogens is 1. The Labute approximate surface area is 350 Å². The Bertz CT molecular complexity index is 3720. The first kappa shape index (κ1) is 33.7. The predicted molar refractivity (Wildman–Crippen MR) is 254 cm³/mol. The van der Waals surface area contributed by atoms with E-state index >= 15 is 0 Å². The van der Waals surface area contributed by atoms with Crippen LogP contribution in [0.3, 0.4) is 0 Å². The van der Waals surface area contributed by atoms with Gasteiger partial charge in [-0.2, -0.15) is 0 Å². The van der Waals surface area contributed by atoms with Crippen molar-refractivity contribution in [1.82, 2.24) is 4.57 Å². The molecule has 61 heavy (non-hydrogen) atoms. The molecule has 0 bridgehead atoms. The molecule has 286 valence electrons. The highest BCUT2D eigenvalue weighted by atomic mass is 16.3. The van der Waals surface area contributed by atoms with E-state index in [4.69, 9.17) is 8.83 Å². The van der Waals surface area contributed by atoms with Crippen molar-refractivity contribution in [3.8, 4) is 5.69 Å². The van der Waals surface area contributed by atoms with Crippen molar-refractivity contribution >= 4 is 112 Å². The number of nitrogens with zero attached hydrogens (tertiary/aromatic N) is 3. The van der Waals surface area contributed by atoms with Gasteiger partial charge in [-0.15, -0.1) is 0 Å². The van der Waals surface area contributed by atoms with E-state index in [0.29, 0.717) is 0 Å². The highest BCUT2D eigenvalue weighted by Crippen LogP contribution is 2.48. The Kier molecular flexibility index (Phi) is 7.24. The van der Waals surface area contributed by atoms with E-state index in [1.54, 1.807) is 0 Å². The smallest absolute Gasteiger partial charge is 0.159 e. The zero-order valence-electron chi connectivity index (χ0n) is 32.9. The minimum Gasteiger partial charge on any atom is -0.454 e. The molecule has 5 nitrogen and oxygen atoms in total. The standard InChI is InChI=1S/C56H35N3O2/c1-3-16-37(17-4-1)57(50-27-12-23-43-40-20-7-9-29-52(40)60-55(43)50)39-32-34-49-46(35-39)42-22-11-15-36-31-33-45-47(25-14-26-48(45)59(49)54(36)42)58(38-18-5-2-6-19-38)51-28-13-24-44-41-21-8-10-30-53(41)61-56(44)51/h1-35H. The normalized spacial score (nSPS) is 12.2. The lowest BCUT2D eigenvalue weighted by atomic mass is 10.0. The van der Waals surface area contributed by atoms with Gasteiger partial charge in [-0.1, -0.05) is 133 Å². The summed E-state index contributed by atoms with van der Waals surface area (Å²) in [4.78, 5) is 4.67. The van der Waals surface area contributed by atoms with E-state index in [9.17, 15) is 0 Å². The maximum atomic E-state index is 6.68. The summed E-state index contributed by atoms with van der Waals surface area (Å²) in [5.74, 6) is 0. The summed E-state index contributed by atoms with van der Waals surface area (Å²) in [6, 6.07) is 70.9. The van der Waals surface area contributed by atoms with Crippen LogP contribution in [0.2, 0.25) is 0 Å². The Hall–Kier alpha value is -8.28. The van der Waals surface area contributed by atoms with Crippen LogP contribution in [0.5, 0.6) is 0 Å². The van der Waals surface area contributed by atoms with Gasteiger partial charge in [0.25, 0.3) is 0 Å². The molecule has 5 heteroatoms. The van der Waals surface area contributed by atoms with Gasteiger partial charge < -0.3 is 23.2 Å². The van der Waals surface area contributed by atoms with Crippen molar-refractivity contribution in [2.24, 2.45) is 0 Å². The van der Waals surface area contributed by atoms with E-state index < -0.39 is 0 Å². The summed E-state index contributed by atoms with van der Waals surface area (Å²) in [5.41, 5.74) is 15.3. The molecule has 13 rings (SSSR count). The molecule has 0 amide bonds. The van der Waals surface area contributed by atoms with Crippen molar-refractivity contribution < 1.29 is 8.83 Å². The lowest BCUT2D eigenvalue weighted by Crippen LogP contribution is -2.13. The van der Waals surface area contributed by atoms with Crippen molar-refractivity contribution in [2.45, 2.75) is 0 Å². The van der Waals surface area contributed by atoms with Crippen molar-refractivity contribution in [3.05, 3.63) is 211 Å². The van der Waals surface area contributed by atoms with Crippen LogP contribution in [0, 0.1) is 0 Å². The Morgan fingerprint density at radius 3 is 1.59 bits per heavy atom. The average molecular weight is 782 g/mol. The molecule has 0 unspecified atom stereocenters. The van der Waals surface area contributed by atoms with Crippen LogP contribution in [-0.2, 0) is 0 Å². The molecule has 0 spiro atoms. The molecular formula is C56H35N3O2. The number of fused-ring (bicyclic) bond motifs is 11. The molecule has 0 fully saturated rings. The van der Waals surface area contributed by atoms with Gasteiger partial charge in [0.2, 0.25) is 0 Å². The predicted octanol–water partition coefficient (Wildman–Crippen LogP) is 16.0. The molecule has 3 aromatic heterocycles. The lowest BCUT2D eigenvalue weighted by Gasteiger charge is -2.28. The summed E-state index contributed by atoms with van der Waals surface area (Å²) in [5, 5.41) is 6.77. The third-order valence-corrected chi connectivity index (χ3v) is 12.3. The molecule has 4 heterocycles. The summed E-state index contributed by atoms with van der Waals surface area (Å²) in [7, 11) is 0. The van der Waals surface area contributed by atoms with Gasteiger partial charge in [0.1, 0.15) is 11.2 Å². The largest absolute Gasteiger partial charge is 0.454 e. The van der Waals surface area contributed by atoms with E-state index in [1.165, 1.54) is 16.3 Å².